The van der Waals surface area contributed by atoms with Crippen molar-refractivity contribution in [2.75, 3.05) is 25.6 Å². The second-order valence-electron chi connectivity index (χ2n) is 6.29. The molecule has 0 spiro atoms. The third-order valence-electron chi connectivity index (χ3n) is 4.07. The average molecular weight is 392 g/mol. The Hall–Kier alpha value is -3.67. The van der Waals surface area contributed by atoms with Crippen molar-refractivity contribution in [3.63, 3.8) is 0 Å². The molecule has 3 aromatic carbocycles. The summed E-state index contributed by atoms with van der Waals surface area (Å²) < 4.78 is 16.8. The van der Waals surface area contributed by atoms with E-state index in [-0.39, 0.29) is 6.03 Å². The van der Waals surface area contributed by atoms with Crippen molar-refractivity contribution in [1.82, 2.24) is 5.32 Å². The maximum Gasteiger partial charge on any atom is 0.319 e. The molecule has 2 amide bonds. The van der Waals surface area contributed by atoms with Gasteiger partial charge in [-0.05, 0) is 48.9 Å². The van der Waals surface area contributed by atoms with Crippen molar-refractivity contribution in [2.45, 2.75) is 6.92 Å². The van der Waals surface area contributed by atoms with E-state index in [1.807, 2.05) is 67.6 Å². The predicted octanol–water partition coefficient (Wildman–Crippen LogP) is 5.00. The number of urea groups is 1. The Balaban J connectivity index is 1.50. The molecule has 29 heavy (non-hydrogen) atoms. The number of rotatable bonds is 8. The van der Waals surface area contributed by atoms with E-state index in [0.29, 0.717) is 41.8 Å². The number of anilines is 1. The molecule has 150 valence electrons. The number of nitrogens with one attached hydrogen (secondary N) is 2. The van der Waals surface area contributed by atoms with Crippen LogP contribution >= 0.6 is 0 Å². The molecule has 2 N–H and O–H groups in total. The van der Waals surface area contributed by atoms with E-state index >= 15 is 0 Å². The number of carbonyl (C=O) groups excluding carboxylic acids is 1. The van der Waals surface area contributed by atoms with Gasteiger partial charge in [-0.1, -0.05) is 36.4 Å². The Morgan fingerprint density at radius 3 is 2.45 bits per heavy atom. The van der Waals surface area contributed by atoms with Gasteiger partial charge in [0.15, 0.2) is 17.2 Å². The van der Waals surface area contributed by atoms with E-state index in [9.17, 15) is 4.79 Å². The summed E-state index contributed by atoms with van der Waals surface area (Å²) in [4.78, 5) is 12.2. The van der Waals surface area contributed by atoms with Gasteiger partial charge in [0, 0.05) is 0 Å². The Bertz CT molecular complexity index is 945. The second kappa shape index (κ2) is 10.0. The molecule has 3 rings (SSSR count). The molecule has 0 unspecified atom stereocenters. The number of carbonyl (C=O) groups is 1. The van der Waals surface area contributed by atoms with Crippen LogP contribution in [0.2, 0.25) is 0 Å². The molecule has 0 atom stereocenters. The molecule has 6 heteroatoms. The van der Waals surface area contributed by atoms with Gasteiger partial charge in [-0.15, -0.1) is 0 Å². The highest BCUT2D eigenvalue weighted by molar-refractivity contribution is 5.90. The molecule has 0 aliphatic rings. The third kappa shape index (κ3) is 5.90. The van der Waals surface area contributed by atoms with E-state index in [0.717, 1.165) is 5.56 Å². The lowest BCUT2D eigenvalue weighted by Crippen LogP contribution is -2.32. The van der Waals surface area contributed by atoms with Crippen molar-refractivity contribution in [1.29, 1.82) is 0 Å². The highest BCUT2D eigenvalue weighted by atomic mass is 16.5. The number of aryl methyl sites for hydroxylation is 1. The minimum Gasteiger partial charge on any atom is -0.493 e. The third-order valence-corrected chi connectivity index (χ3v) is 4.07. The summed E-state index contributed by atoms with van der Waals surface area (Å²) in [6, 6.07) is 22.0. The minimum atomic E-state index is -0.339. The quantitative estimate of drug-likeness (QED) is 0.530. The zero-order chi connectivity index (χ0) is 20.5. The molecule has 0 aliphatic heterocycles. The first-order valence-electron chi connectivity index (χ1n) is 9.30. The van der Waals surface area contributed by atoms with Crippen molar-refractivity contribution in [3.05, 3.63) is 78.4 Å². The van der Waals surface area contributed by atoms with Crippen LogP contribution in [0.1, 0.15) is 5.56 Å². The molecule has 3 aromatic rings. The van der Waals surface area contributed by atoms with Crippen LogP contribution in [-0.2, 0) is 0 Å². The zero-order valence-electron chi connectivity index (χ0n) is 16.5. The maximum absolute atomic E-state index is 12.2. The summed E-state index contributed by atoms with van der Waals surface area (Å²) in [6.45, 7) is 2.64. The number of amides is 2. The van der Waals surface area contributed by atoms with Gasteiger partial charge in [0.25, 0.3) is 0 Å². The van der Waals surface area contributed by atoms with E-state index in [4.69, 9.17) is 14.2 Å². The molecule has 0 fully saturated rings. The first-order valence-corrected chi connectivity index (χ1v) is 9.30. The summed E-state index contributed by atoms with van der Waals surface area (Å²) >= 11 is 0. The Morgan fingerprint density at radius 1 is 0.897 bits per heavy atom. The number of benzene rings is 3. The van der Waals surface area contributed by atoms with Crippen LogP contribution in [0, 0.1) is 6.92 Å². The van der Waals surface area contributed by atoms with E-state index in [1.54, 1.807) is 19.2 Å². The van der Waals surface area contributed by atoms with Gasteiger partial charge in [0.05, 0.1) is 19.3 Å². The molecular weight excluding hydrogens is 368 g/mol. The molecule has 6 nitrogen and oxygen atoms in total. The fourth-order valence-electron chi connectivity index (χ4n) is 2.66. The second-order valence-corrected chi connectivity index (χ2v) is 6.29. The fraction of sp³-hybridized carbons (Fsp3) is 0.174. The lowest BCUT2D eigenvalue weighted by Gasteiger charge is -2.14. The number of hydrogen-bond acceptors (Lipinski definition) is 4. The standard InChI is InChI=1S/C23H24N2O4/c1-17-12-13-21(22(16-17)27-2)28-15-14-24-23(26)25-19-10-6-7-11-20(19)29-18-8-4-3-5-9-18/h3-13,16H,14-15H2,1-2H3,(H2,24,25,26). The van der Waals surface area contributed by atoms with Crippen molar-refractivity contribution in [2.24, 2.45) is 0 Å². The van der Waals surface area contributed by atoms with Crippen molar-refractivity contribution >= 4 is 11.7 Å². The predicted molar refractivity (Wildman–Crippen MR) is 113 cm³/mol. The number of methoxy groups -OCH3 is 1. The number of ether oxygens (including phenoxy) is 3. The monoisotopic (exact) mass is 392 g/mol. The summed E-state index contributed by atoms with van der Waals surface area (Å²) in [7, 11) is 1.60. The Labute approximate surface area is 170 Å². The zero-order valence-corrected chi connectivity index (χ0v) is 16.5. The fourth-order valence-corrected chi connectivity index (χ4v) is 2.66. The van der Waals surface area contributed by atoms with E-state index in [2.05, 4.69) is 10.6 Å². The van der Waals surface area contributed by atoms with Crippen LogP contribution < -0.4 is 24.8 Å². The van der Waals surface area contributed by atoms with Gasteiger partial charge in [-0.2, -0.15) is 0 Å². The van der Waals surface area contributed by atoms with Gasteiger partial charge in [-0.3, -0.25) is 0 Å². The molecule has 0 heterocycles. The van der Waals surface area contributed by atoms with Crippen LogP contribution in [0.5, 0.6) is 23.0 Å². The maximum atomic E-state index is 12.2. The molecule has 0 saturated carbocycles. The first-order chi connectivity index (χ1) is 14.2. The molecular formula is C23H24N2O4. The Kier molecular flexibility index (Phi) is 6.95. The van der Waals surface area contributed by atoms with Crippen molar-refractivity contribution in [3.8, 4) is 23.0 Å². The molecule has 0 bridgehead atoms. The topological polar surface area (TPSA) is 68.8 Å². The molecule has 0 aliphatic carbocycles. The summed E-state index contributed by atoms with van der Waals surface area (Å²) in [5.74, 6) is 2.57. The number of hydrogen-bond donors (Lipinski definition) is 2. The first kappa shape index (κ1) is 20.1. The minimum absolute atomic E-state index is 0.314. The lowest BCUT2D eigenvalue weighted by atomic mass is 10.2. The lowest BCUT2D eigenvalue weighted by molar-refractivity contribution is 0.246. The molecule has 0 saturated heterocycles. The van der Waals surface area contributed by atoms with Crippen LogP contribution in [0.3, 0.4) is 0 Å². The van der Waals surface area contributed by atoms with E-state index in [1.165, 1.54) is 0 Å². The largest absolute Gasteiger partial charge is 0.493 e. The van der Waals surface area contributed by atoms with Gasteiger partial charge in [0.2, 0.25) is 0 Å². The highest BCUT2D eigenvalue weighted by Gasteiger charge is 2.09. The highest BCUT2D eigenvalue weighted by Crippen LogP contribution is 2.29. The van der Waals surface area contributed by atoms with Crippen LogP contribution in [0.4, 0.5) is 10.5 Å². The van der Waals surface area contributed by atoms with Crippen molar-refractivity contribution < 1.29 is 19.0 Å². The normalized spacial score (nSPS) is 10.1. The van der Waals surface area contributed by atoms with E-state index < -0.39 is 0 Å². The van der Waals surface area contributed by atoms with Gasteiger partial charge < -0.3 is 24.8 Å². The molecule has 0 radical (unpaired) electrons. The summed E-state index contributed by atoms with van der Waals surface area (Å²) in [5.41, 5.74) is 1.66. The summed E-state index contributed by atoms with van der Waals surface area (Å²) in [5, 5.41) is 5.57. The average Bonchev–Trinajstić information content (AvgIpc) is 2.74. The Morgan fingerprint density at radius 2 is 1.66 bits per heavy atom. The van der Waals surface area contributed by atoms with Crippen LogP contribution in [0.25, 0.3) is 0 Å². The number of para-hydroxylation sites is 3. The van der Waals surface area contributed by atoms with Crippen LogP contribution in [0.15, 0.2) is 72.8 Å². The summed E-state index contributed by atoms with van der Waals surface area (Å²) in [6.07, 6.45) is 0. The van der Waals surface area contributed by atoms with Gasteiger partial charge in [0.1, 0.15) is 12.4 Å². The van der Waals surface area contributed by atoms with Crippen LogP contribution in [-0.4, -0.2) is 26.3 Å². The molecule has 0 aromatic heterocycles. The van der Waals surface area contributed by atoms with Gasteiger partial charge in [-0.25, -0.2) is 4.79 Å². The van der Waals surface area contributed by atoms with Gasteiger partial charge >= 0.3 is 6.03 Å². The SMILES string of the molecule is COc1cc(C)ccc1OCCNC(=O)Nc1ccccc1Oc1ccccc1. The smallest absolute Gasteiger partial charge is 0.319 e.